The molecule has 2 aromatic heterocycles. The number of halogens is 4. The third-order valence-corrected chi connectivity index (χ3v) is 4.41. The van der Waals surface area contributed by atoms with E-state index in [1.54, 1.807) is 11.7 Å². The molecule has 0 aromatic carbocycles. The Morgan fingerprint density at radius 1 is 1.28 bits per heavy atom. The molecule has 0 atom stereocenters. The SMILES string of the molecule is CN=C(NCc1nc(C(F)(F)F)cs1)NCc1c(C)nn(C)c1C.I. The van der Waals surface area contributed by atoms with Crippen LogP contribution in [0.1, 0.15) is 27.7 Å². The van der Waals surface area contributed by atoms with Gasteiger partial charge in [0.2, 0.25) is 0 Å². The average molecular weight is 488 g/mol. The van der Waals surface area contributed by atoms with Crippen LogP contribution in [0.25, 0.3) is 0 Å². The molecule has 0 amide bonds. The first-order chi connectivity index (χ1) is 11.2. The average Bonchev–Trinajstić information content (AvgIpc) is 3.07. The Hall–Kier alpha value is -1.37. The van der Waals surface area contributed by atoms with Gasteiger partial charge in [-0.3, -0.25) is 9.67 Å². The molecule has 0 aliphatic heterocycles. The van der Waals surface area contributed by atoms with Crippen molar-refractivity contribution >= 4 is 41.3 Å². The molecule has 0 saturated carbocycles. The Morgan fingerprint density at radius 3 is 2.40 bits per heavy atom. The topological polar surface area (TPSA) is 67.1 Å². The van der Waals surface area contributed by atoms with Gasteiger partial charge in [-0.15, -0.1) is 35.3 Å². The Kier molecular flexibility index (Phi) is 7.65. The molecular formula is C14H20F3IN6S. The summed E-state index contributed by atoms with van der Waals surface area (Å²) in [7, 11) is 3.47. The minimum atomic E-state index is -4.41. The lowest BCUT2D eigenvalue weighted by molar-refractivity contribution is -0.140. The number of thiazole rings is 1. The minimum absolute atomic E-state index is 0. The lowest BCUT2D eigenvalue weighted by Gasteiger charge is -2.11. The van der Waals surface area contributed by atoms with Crippen molar-refractivity contribution < 1.29 is 13.2 Å². The maximum atomic E-state index is 12.5. The number of hydrogen-bond acceptors (Lipinski definition) is 4. The highest BCUT2D eigenvalue weighted by Gasteiger charge is 2.33. The number of aromatic nitrogens is 3. The van der Waals surface area contributed by atoms with Crippen LogP contribution in [0, 0.1) is 13.8 Å². The number of alkyl halides is 3. The molecule has 0 aliphatic carbocycles. The number of nitrogens with one attached hydrogen (secondary N) is 2. The summed E-state index contributed by atoms with van der Waals surface area (Å²) < 4.78 is 39.4. The summed E-state index contributed by atoms with van der Waals surface area (Å²) >= 11 is 0.962. The molecule has 2 heterocycles. The number of aliphatic imine (C=N–C) groups is 1. The molecule has 0 bridgehead atoms. The van der Waals surface area contributed by atoms with Crippen LogP contribution in [0.5, 0.6) is 0 Å². The number of aryl methyl sites for hydroxylation is 2. The predicted octanol–water partition coefficient (Wildman–Crippen LogP) is 3.00. The van der Waals surface area contributed by atoms with Gasteiger partial charge in [0, 0.05) is 37.3 Å². The van der Waals surface area contributed by atoms with Gasteiger partial charge in [0.15, 0.2) is 11.7 Å². The van der Waals surface area contributed by atoms with Crippen molar-refractivity contribution in [3.05, 3.63) is 33.0 Å². The third-order valence-electron chi connectivity index (χ3n) is 3.56. The molecule has 2 rings (SSSR count). The van der Waals surface area contributed by atoms with Crippen molar-refractivity contribution in [3.63, 3.8) is 0 Å². The maximum Gasteiger partial charge on any atom is 0.434 e. The van der Waals surface area contributed by atoms with Crippen LogP contribution in [0.15, 0.2) is 10.4 Å². The van der Waals surface area contributed by atoms with E-state index in [1.165, 1.54) is 0 Å². The zero-order valence-corrected chi connectivity index (χ0v) is 17.4. The summed E-state index contributed by atoms with van der Waals surface area (Å²) in [5, 5.41) is 11.8. The van der Waals surface area contributed by atoms with E-state index in [4.69, 9.17) is 0 Å². The summed E-state index contributed by atoms with van der Waals surface area (Å²) in [5.74, 6) is 0.487. The van der Waals surface area contributed by atoms with Crippen molar-refractivity contribution in [3.8, 4) is 0 Å². The van der Waals surface area contributed by atoms with Crippen molar-refractivity contribution in [2.45, 2.75) is 33.1 Å². The van der Waals surface area contributed by atoms with Gasteiger partial charge < -0.3 is 10.6 Å². The Bertz CT molecular complexity index is 737. The van der Waals surface area contributed by atoms with Crippen LogP contribution in [-0.4, -0.2) is 27.8 Å². The molecule has 25 heavy (non-hydrogen) atoms. The number of hydrogen-bond donors (Lipinski definition) is 2. The maximum absolute atomic E-state index is 12.5. The quantitative estimate of drug-likeness (QED) is 0.395. The van der Waals surface area contributed by atoms with Crippen molar-refractivity contribution in [2.24, 2.45) is 12.0 Å². The zero-order valence-electron chi connectivity index (χ0n) is 14.2. The fourth-order valence-electron chi connectivity index (χ4n) is 2.15. The molecule has 2 aromatic rings. The second-order valence-electron chi connectivity index (χ2n) is 5.18. The van der Waals surface area contributed by atoms with Gasteiger partial charge in [-0.1, -0.05) is 0 Å². The van der Waals surface area contributed by atoms with Crippen molar-refractivity contribution in [1.82, 2.24) is 25.4 Å². The molecule has 0 aliphatic rings. The molecule has 6 nitrogen and oxygen atoms in total. The Balaban J connectivity index is 0.00000312. The summed E-state index contributed by atoms with van der Waals surface area (Å²) in [6, 6.07) is 0. The summed E-state index contributed by atoms with van der Waals surface area (Å²) in [5.41, 5.74) is 2.17. The summed E-state index contributed by atoms with van der Waals surface area (Å²) in [6.45, 7) is 4.60. The first-order valence-corrected chi connectivity index (χ1v) is 8.05. The lowest BCUT2D eigenvalue weighted by atomic mass is 10.2. The van der Waals surface area contributed by atoms with Crippen LogP contribution < -0.4 is 10.6 Å². The molecule has 0 radical (unpaired) electrons. The van der Waals surface area contributed by atoms with E-state index in [0.29, 0.717) is 17.5 Å². The van der Waals surface area contributed by atoms with Crippen LogP contribution >= 0.6 is 35.3 Å². The van der Waals surface area contributed by atoms with E-state index < -0.39 is 11.9 Å². The Labute approximate surface area is 165 Å². The molecule has 0 unspecified atom stereocenters. The highest BCUT2D eigenvalue weighted by molar-refractivity contribution is 14.0. The highest BCUT2D eigenvalue weighted by atomic mass is 127. The minimum Gasteiger partial charge on any atom is -0.352 e. The summed E-state index contributed by atoms with van der Waals surface area (Å²) in [6.07, 6.45) is -4.41. The second kappa shape index (κ2) is 8.83. The van der Waals surface area contributed by atoms with E-state index >= 15 is 0 Å². The number of rotatable bonds is 4. The standard InChI is InChI=1S/C14H19F3N6S.HI/c1-8-10(9(2)23(4)22-8)5-19-13(18-3)20-6-12-21-11(7-24-12)14(15,16)17;/h7H,5-6H2,1-4H3,(H2,18,19,20);1H. The first-order valence-electron chi connectivity index (χ1n) is 7.17. The second-order valence-corrected chi connectivity index (χ2v) is 6.12. The van der Waals surface area contributed by atoms with Crippen LogP contribution in [0.3, 0.4) is 0 Å². The van der Waals surface area contributed by atoms with Gasteiger partial charge in [0.1, 0.15) is 5.01 Å². The van der Waals surface area contributed by atoms with E-state index in [-0.39, 0.29) is 30.5 Å². The van der Waals surface area contributed by atoms with Crippen molar-refractivity contribution in [2.75, 3.05) is 7.05 Å². The predicted molar refractivity (Wildman–Crippen MR) is 102 cm³/mol. The zero-order chi connectivity index (χ0) is 17.9. The number of nitrogens with zero attached hydrogens (tertiary/aromatic N) is 4. The van der Waals surface area contributed by atoms with Gasteiger partial charge in [-0.05, 0) is 13.8 Å². The van der Waals surface area contributed by atoms with Crippen LogP contribution in [0.4, 0.5) is 13.2 Å². The van der Waals surface area contributed by atoms with Gasteiger partial charge in [0.25, 0.3) is 0 Å². The molecule has 0 spiro atoms. The van der Waals surface area contributed by atoms with E-state index in [0.717, 1.165) is 33.7 Å². The first kappa shape index (κ1) is 21.7. The van der Waals surface area contributed by atoms with E-state index in [2.05, 4.69) is 25.7 Å². The van der Waals surface area contributed by atoms with E-state index in [9.17, 15) is 13.2 Å². The van der Waals surface area contributed by atoms with Gasteiger partial charge in [0.05, 0.1) is 12.2 Å². The molecule has 11 heteroatoms. The normalized spacial score (nSPS) is 12.0. The smallest absolute Gasteiger partial charge is 0.352 e. The Morgan fingerprint density at radius 2 is 1.92 bits per heavy atom. The third kappa shape index (κ3) is 5.56. The lowest BCUT2D eigenvalue weighted by Crippen LogP contribution is -2.36. The molecule has 2 N–H and O–H groups in total. The van der Waals surface area contributed by atoms with Gasteiger partial charge in [-0.2, -0.15) is 18.3 Å². The van der Waals surface area contributed by atoms with Gasteiger partial charge >= 0.3 is 6.18 Å². The number of guanidine groups is 1. The van der Waals surface area contributed by atoms with E-state index in [1.807, 2.05) is 20.9 Å². The molecular weight excluding hydrogens is 468 g/mol. The molecule has 140 valence electrons. The fraction of sp³-hybridized carbons (Fsp3) is 0.500. The molecule has 0 saturated heterocycles. The fourth-order valence-corrected chi connectivity index (χ4v) is 2.89. The van der Waals surface area contributed by atoms with Crippen molar-refractivity contribution in [1.29, 1.82) is 0 Å². The van der Waals surface area contributed by atoms with Gasteiger partial charge in [-0.25, -0.2) is 4.98 Å². The largest absolute Gasteiger partial charge is 0.434 e. The highest BCUT2D eigenvalue weighted by Crippen LogP contribution is 2.29. The van der Waals surface area contributed by atoms with Crippen LogP contribution in [0.2, 0.25) is 0 Å². The van der Waals surface area contributed by atoms with Crippen LogP contribution in [-0.2, 0) is 26.3 Å². The molecule has 0 fully saturated rings. The monoisotopic (exact) mass is 488 g/mol. The summed E-state index contributed by atoms with van der Waals surface area (Å²) in [4.78, 5) is 7.63.